The van der Waals surface area contributed by atoms with E-state index in [2.05, 4.69) is 31.5 Å². The molecule has 0 spiro atoms. The Morgan fingerprint density at radius 1 is 1.20 bits per heavy atom. The number of thioether (sulfide) groups is 1. The van der Waals surface area contributed by atoms with Gasteiger partial charge in [0.1, 0.15) is 11.5 Å². The second-order valence-electron chi connectivity index (χ2n) is 3.88. The van der Waals surface area contributed by atoms with E-state index < -0.39 is 0 Å². The lowest BCUT2D eigenvalue weighted by molar-refractivity contribution is 0.475. The Morgan fingerprint density at radius 2 is 2.00 bits per heavy atom. The Hall–Kier alpha value is -1.80. The Bertz CT molecular complexity index is 710. The minimum Gasteiger partial charge on any atom is -0.508 e. The average molecular weight is 353 g/mol. The molecule has 3 rings (SSSR count). The number of rotatable bonds is 4. The molecule has 0 aliphatic carbocycles. The lowest BCUT2D eigenvalue weighted by Crippen LogP contribution is -1.98. The number of hydrogen-bond acceptors (Lipinski definition) is 6. The molecule has 0 unspecified atom stereocenters. The summed E-state index contributed by atoms with van der Waals surface area (Å²) >= 11 is 4.73. The summed E-state index contributed by atoms with van der Waals surface area (Å²) in [7, 11) is 0. The van der Waals surface area contributed by atoms with Gasteiger partial charge in [-0.2, -0.15) is 4.68 Å². The van der Waals surface area contributed by atoms with Crippen molar-refractivity contribution < 1.29 is 9.52 Å². The SMILES string of the molecule is Oc1ccc(-n2nnnc2SCc2ccc(Br)o2)cc1. The molecular weight excluding hydrogens is 344 g/mol. The van der Waals surface area contributed by atoms with Crippen molar-refractivity contribution in [3.8, 4) is 11.4 Å². The Kier molecular flexibility index (Phi) is 3.75. The van der Waals surface area contributed by atoms with E-state index in [0.717, 1.165) is 11.4 Å². The third-order valence-electron chi connectivity index (χ3n) is 2.51. The standard InChI is InChI=1S/C12H9BrN4O2S/c13-11-6-5-10(19-11)7-20-12-14-15-16-17(12)8-1-3-9(18)4-2-8/h1-6,18H,7H2. The highest BCUT2D eigenvalue weighted by Gasteiger charge is 2.10. The van der Waals surface area contributed by atoms with Crippen LogP contribution < -0.4 is 0 Å². The first-order valence-electron chi connectivity index (χ1n) is 5.67. The first-order chi connectivity index (χ1) is 9.72. The van der Waals surface area contributed by atoms with Crippen molar-refractivity contribution >= 4 is 27.7 Å². The van der Waals surface area contributed by atoms with E-state index in [4.69, 9.17) is 4.42 Å². The molecule has 20 heavy (non-hydrogen) atoms. The lowest BCUT2D eigenvalue weighted by atomic mass is 10.3. The van der Waals surface area contributed by atoms with E-state index in [0.29, 0.717) is 15.6 Å². The molecule has 0 aliphatic rings. The molecule has 0 saturated heterocycles. The fourth-order valence-corrected chi connectivity index (χ4v) is 2.71. The van der Waals surface area contributed by atoms with Crippen LogP contribution in [0.3, 0.4) is 0 Å². The van der Waals surface area contributed by atoms with Crippen LogP contribution in [0.1, 0.15) is 5.76 Å². The number of furan rings is 1. The number of halogens is 1. The maximum atomic E-state index is 9.29. The van der Waals surface area contributed by atoms with Gasteiger partial charge in [-0.1, -0.05) is 11.8 Å². The average Bonchev–Trinajstić information content (AvgIpc) is 3.06. The molecule has 6 nitrogen and oxygen atoms in total. The highest BCUT2D eigenvalue weighted by molar-refractivity contribution is 9.10. The zero-order valence-electron chi connectivity index (χ0n) is 10.1. The summed E-state index contributed by atoms with van der Waals surface area (Å²) in [4.78, 5) is 0. The normalized spacial score (nSPS) is 10.8. The largest absolute Gasteiger partial charge is 0.508 e. The molecule has 102 valence electrons. The van der Waals surface area contributed by atoms with Gasteiger partial charge in [-0.05, 0) is 62.8 Å². The zero-order chi connectivity index (χ0) is 13.9. The monoisotopic (exact) mass is 352 g/mol. The zero-order valence-corrected chi connectivity index (χ0v) is 12.5. The van der Waals surface area contributed by atoms with Gasteiger partial charge < -0.3 is 9.52 Å². The third kappa shape index (κ3) is 2.86. The molecule has 2 aromatic heterocycles. The molecule has 0 bridgehead atoms. The summed E-state index contributed by atoms with van der Waals surface area (Å²) in [5.74, 6) is 1.67. The maximum absolute atomic E-state index is 9.29. The topological polar surface area (TPSA) is 77.0 Å². The van der Waals surface area contributed by atoms with Gasteiger partial charge in [0.25, 0.3) is 0 Å². The Labute approximate surface area is 126 Å². The lowest BCUT2D eigenvalue weighted by Gasteiger charge is -2.03. The highest BCUT2D eigenvalue weighted by atomic mass is 79.9. The first-order valence-corrected chi connectivity index (χ1v) is 7.45. The number of aromatic nitrogens is 4. The summed E-state index contributed by atoms with van der Waals surface area (Å²) in [5.41, 5.74) is 0.788. The van der Waals surface area contributed by atoms with E-state index in [9.17, 15) is 5.11 Å². The Morgan fingerprint density at radius 3 is 2.70 bits per heavy atom. The van der Waals surface area contributed by atoms with E-state index in [1.807, 2.05) is 12.1 Å². The summed E-state index contributed by atoms with van der Waals surface area (Å²) < 4.78 is 7.74. The second-order valence-corrected chi connectivity index (χ2v) is 5.61. The molecule has 1 aromatic carbocycles. The molecule has 0 aliphatic heterocycles. The maximum Gasteiger partial charge on any atom is 0.214 e. The molecule has 2 heterocycles. The predicted octanol–water partition coefficient (Wildman–Crippen LogP) is 3.02. The van der Waals surface area contributed by atoms with E-state index in [1.165, 1.54) is 11.8 Å². The van der Waals surface area contributed by atoms with Crippen LogP contribution >= 0.6 is 27.7 Å². The Balaban J connectivity index is 1.78. The molecule has 0 saturated carbocycles. The fourth-order valence-electron chi connectivity index (χ4n) is 1.59. The molecule has 0 radical (unpaired) electrons. The van der Waals surface area contributed by atoms with Crippen LogP contribution in [0.25, 0.3) is 5.69 Å². The van der Waals surface area contributed by atoms with Crippen molar-refractivity contribution in [2.24, 2.45) is 0 Å². The number of hydrogen-bond donors (Lipinski definition) is 1. The van der Waals surface area contributed by atoms with Crippen molar-refractivity contribution in [2.75, 3.05) is 0 Å². The minimum atomic E-state index is 0.205. The molecule has 1 N–H and O–H groups in total. The number of benzene rings is 1. The van der Waals surface area contributed by atoms with Crippen molar-refractivity contribution in [1.82, 2.24) is 20.2 Å². The van der Waals surface area contributed by atoms with Crippen LogP contribution in [0.4, 0.5) is 0 Å². The van der Waals surface area contributed by atoms with Gasteiger partial charge in [-0.3, -0.25) is 0 Å². The van der Waals surface area contributed by atoms with Crippen molar-refractivity contribution in [2.45, 2.75) is 10.9 Å². The summed E-state index contributed by atoms with van der Waals surface area (Å²) in [6.45, 7) is 0. The number of aromatic hydroxyl groups is 1. The predicted molar refractivity (Wildman–Crippen MR) is 76.8 cm³/mol. The molecule has 3 aromatic rings. The van der Waals surface area contributed by atoms with Gasteiger partial charge in [0.2, 0.25) is 5.16 Å². The molecule has 8 heteroatoms. The molecule has 0 amide bonds. The highest BCUT2D eigenvalue weighted by Crippen LogP contribution is 2.25. The van der Waals surface area contributed by atoms with Crippen LogP contribution in [-0.4, -0.2) is 25.3 Å². The van der Waals surface area contributed by atoms with Crippen LogP contribution in [0.2, 0.25) is 0 Å². The second kappa shape index (κ2) is 5.68. The van der Waals surface area contributed by atoms with Crippen LogP contribution in [0.15, 0.2) is 50.6 Å². The quantitative estimate of drug-likeness (QED) is 0.727. The summed E-state index contributed by atoms with van der Waals surface area (Å²) in [6, 6.07) is 10.4. The van der Waals surface area contributed by atoms with Crippen LogP contribution in [-0.2, 0) is 5.75 Å². The number of phenolic OH excluding ortho intramolecular Hbond substituents is 1. The molecular formula is C12H9BrN4O2S. The van der Waals surface area contributed by atoms with Gasteiger partial charge in [0.05, 0.1) is 11.4 Å². The van der Waals surface area contributed by atoms with Crippen molar-refractivity contribution in [3.63, 3.8) is 0 Å². The van der Waals surface area contributed by atoms with Crippen LogP contribution in [0, 0.1) is 0 Å². The number of nitrogens with zero attached hydrogens (tertiary/aromatic N) is 4. The molecule has 0 atom stereocenters. The van der Waals surface area contributed by atoms with Crippen molar-refractivity contribution in [1.29, 1.82) is 0 Å². The summed E-state index contributed by atoms with van der Waals surface area (Å²) in [6.07, 6.45) is 0. The first kappa shape index (κ1) is 13.2. The number of phenols is 1. The van der Waals surface area contributed by atoms with Gasteiger partial charge in [0.15, 0.2) is 4.67 Å². The van der Waals surface area contributed by atoms with Gasteiger partial charge in [-0.15, -0.1) is 5.10 Å². The fraction of sp³-hybridized carbons (Fsp3) is 0.0833. The minimum absolute atomic E-state index is 0.205. The van der Waals surface area contributed by atoms with Gasteiger partial charge >= 0.3 is 0 Å². The van der Waals surface area contributed by atoms with E-state index in [1.54, 1.807) is 28.9 Å². The van der Waals surface area contributed by atoms with Crippen molar-refractivity contribution in [3.05, 3.63) is 46.8 Å². The third-order valence-corrected chi connectivity index (χ3v) is 3.88. The smallest absolute Gasteiger partial charge is 0.214 e. The van der Waals surface area contributed by atoms with E-state index >= 15 is 0 Å². The number of tetrazole rings is 1. The van der Waals surface area contributed by atoms with E-state index in [-0.39, 0.29) is 5.75 Å². The van der Waals surface area contributed by atoms with Crippen LogP contribution in [0.5, 0.6) is 5.75 Å². The van der Waals surface area contributed by atoms with Gasteiger partial charge in [-0.25, -0.2) is 0 Å². The molecule has 0 fully saturated rings. The summed E-state index contributed by atoms with van der Waals surface area (Å²) in [5, 5.41) is 21.6. The van der Waals surface area contributed by atoms with Gasteiger partial charge in [0, 0.05) is 0 Å².